The minimum absolute atomic E-state index is 0.130. The van der Waals surface area contributed by atoms with Crippen molar-refractivity contribution in [2.45, 2.75) is 62.7 Å². The van der Waals surface area contributed by atoms with E-state index >= 15 is 0 Å². The van der Waals surface area contributed by atoms with Crippen LogP contribution in [0.15, 0.2) is 24.5 Å². The SMILES string of the molecule is O=C(O)C(F)(F)F.O=C(O)C(F)(F)F.c1cncc(COCCC2CCOC3(C2)CN(C2CCOCC2)C3)c1. The Balaban J connectivity index is 0.000000317. The Hall–Kier alpha value is -2.49. The highest BCUT2D eigenvalue weighted by atomic mass is 19.4. The molecule has 0 amide bonds. The molecule has 1 aromatic heterocycles. The van der Waals surface area contributed by atoms with Crippen LogP contribution in [0.2, 0.25) is 0 Å². The van der Waals surface area contributed by atoms with Crippen LogP contribution in [0, 0.1) is 5.92 Å². The van der Waals surface area contributed by atoms with Gasteiger partial charge in [-0.25, -0.2) is 9.59 Å². The summed E-state index contributed by atoms with van der Waals surface area (Å²) >= 11 is 0. The second kappa shape index (κ2) is 14.8. The first-order valence-corrected chi connectivity index (χ1v) is 12.2. The van der Waals surface area contributed by atoms with E-state index in [1.54, 1.807) is 6.20 Å². The van der Waals surface area contributed by atoms with Crippen molar-refractivity contribution in [3.05, 3.63) is 30.1 Å². The number of nitrogens with zero attached hydrogens (tertiary/aromatic N) is 2. The lowest BCUT2D eigenvalue weighted by Crippen LogP contribution is -2.68. The fourth-order valence-electron chi connectivity index (χ4n) is 4.52. The van der Waals surface area contributed by atoms with Gasteiger partial charge in [-0.2, -0.15) is 26.3 Å². The van der Waals surface area contributed by atoms with Gasteiger partial charge in [0.2, 0.25) is 0 Å². The molecule has 3 saturated heterocycles. The number of halogens is 6. The van der Waals surface area contributed by atoms with Gasteiger partial charge in [0.05, 0.1) is 12.2 Å². The topological polar surface area (TPSA) is 118 Å². The van der Waals surface area contributed by atoms with Gasteiger partial charge in [-0.05, 0) is 49.7 Å². The molecule has 2 N–H and O–H groups in total. The van der Waals surface area contributed by atoms with Crippen molar-refractivity contribution in [3.8, 4) is 0 Å². The van der Waals surface area contributed by atoms with Crippen LogP contribution in [-0.2, 0) is 30.4 Å². The van der Waals surface area contributed by atoms with Gasteiger partial charge in [0.25, 0.3) is 0 Å². The van der Waals surface area contributed by atoms with E-state index in [0.29, 0.717) is 12.6 Å². The van der Waals surface area contributed by atoms with Gasteiger partial charge < -0.3 is 24.4 Å². The van der Waals surface area contributed by atoms with E-state index in [9.17, 15) is 26.3 Å². The Morgan fingerprint density at radius 3 is 2.13 bits per heavy atom. The Morgan fingerprint density at radius 1 is 1.03 bits per heavy atom. The Kier molecular flexibility index (Phi) is 12.4. The van der Waals surface area contributed by atoms with Gasteiger partial charge in [-0.15, -0.1) is 0 Å². The molecule has 0 saturated carbocycles. The summed E-state index contributed by atoms with van der Waals surface area (Å²) in [5, 5.41) is 14.2. The molecule has 4 rings (SSSR count). The van der Waals surface area contributed by atoms with Crippen molar-refractivity contribution >= 4 is 11.9 Å². The third kappa shape index (κ3) is 11.6. The first kappa shape index (κ1) is 32.7. The molecule has 0 aromatic carbocycles. The second-order valence-electron chi connectivity index (χ2n) is 9.45. The van der Waals surface area contributed by atoms with Gasteiger partial charge in [0.15, 0.2) is 0 Å². The molecule has 222 valence electrons. The van der Waals surface area contributed by atoms with Crippen LogP contribution in [-0.4, -0.2) is 95.5 Å². The lowest BCUT2D eigenvalue weighted by atomic mass is 9.78. The first-order valence-electron chi connectivity index (χ1n) is 12.2. The van der Waals surface area contributed by atoms with Crippen molar-refractivity contribution in [1.29, 1.82) is 0 Å². The molecule has 1 aromatic rings. The first-order chi connectivity index (χ1) is 18.2. The van der Waals surface area contributed by atoms with E-state index < -0.39 is 24.3 Å². The van der Waals surface area contributed by atoms with Crippen LogP contribution in [0.3, 0.4) is 0 Å². The average molecular weight is 575 g/mol. The smallest absolute Gasteiger partial charge is 0.475 e. The number of carboxylic acids is 2. The van der Waals surface area contributed by atoms with Crippen LogP contribution in [0.1, 0.15) is 37.7 Å². The zero-order valence-corrected chi connectivity index (χ0v) is 21.0. The van der Waals surface area contributed by atoms with Crippen LogP contribution < -0.4 is 0 Å². The number of hydrogen-bond donors (Lipinski definition) is 2. The highest BCUT2D eigenvalue weighted by molar-refractivity contribution is 5.73. The Morgan fingerprint density at radius 2 is 1.62 bits per heavy atom. The molecule has 0 bridgehead atoms. The zero-order valence-electron chi connectivity index (χ0n) is 21.0. The van der Waals surface area contributed by atoms with Gasteiger partial charge in [0.1, 0.15) is 0 Å². The van der Waals surface area contributed by atoms with Crippen molar-refractivity contribution in [2.75, 3.05) is 39.5 Å². The summed E-state index contributed by atoms with van der Waals surface area (Å²) in [5.41, 5.74) is 1.28. The largest absolute Gasteiger partial charge is 0.490 e. The number of carbonyl (C=O) groups is 2. The van der Waals surface area contributed by atoms with Crippen molar-refractivity contribution in [1.82, 2.24) is 9.88 Å². The maximum atomic E-state index is 10.6. The third-order valence-corrected chi connectivity index (χ3v) is 6.43. The fourth-order valence-corrected chi connectivity index (χ4v) is 4.52. The predicted octanol–water partition coefficient (Wildman–Crippen LogP) is 3.91. The van der Waals surface area contributed by atoms with Crippen LogP contribution in [0.4, 0.5) is 26.3 Å². The predicted molar refractivity (Wildman–Crippen MR) is 123 cm³/mol. The molecule has 0 aliphatic carbocycles. The molecule has 1 unspecified atom stereocenters. The summed E-state index contributed by atoms with van der Waals surface area (Å²) in [6.45, 7) is 6.49. The number of rotatable bonds is 6. The molecule has 1 atom stereocenters. The number of carboxylic acid groups (broad SMARTS) is 2. The second-order valence-corrected chi connectivity index (χ2v) is 9.45. The monoisotopic (exact) mass is 574 g/mol. The molecule has 0 radical (unpaired) electrons. The lowest BCUT2D eigenvalue weighted by molar-refractivity contribution is -0.195. The van der Waals surface area contributed by atoms with Crippen LogP contribution >= 0.6 is 0 Å². The van der Waals surface area contributed by atoms with E-state index in [1.807, 2.05) is 12.3 Å². The van der Waals surface area contributed by atoms with Crippen molar-refractivity contribution < 1.29 is 60.4 Å². The number of aromatic nitrogens is 1. The van der Waals surface area contributed by atoms with Crippen LogP contribution in [0.5, 0.6) is 0 Å². The van der Waals surface area contributed by atoms with Crippen molar-refractivity contribution in [2.24, 2.45) is 5.92 Å². The lowest BCUT2D eigenvalue weighted by Gasteiger charge is -2.56. The van der Waals surface area contributed by atoms with E-state index in [-0.39, 0.29) is 5.60 Å². The molecule has 1 spiro atoms. The summed E-state index contributed by atoms with van der Waals surface area (Å²) in [5.74, 6) is -4.78. The summed E-state index contributed by atoms with van der Waals surface area (Å²) < 4.78 is 81.0. The molecule has 39 heavy (non-hydrogen) atoms. The van der Waals surface area contributed by atoms with E-state index in [2.05, 4.69) is 16.0 Å². The number of hydrogen-bond acceptors (Lipinski definition) is 7. The normalized spacial score (nSPS) is 21.5. The zero-order chi connectivity index (χ0) is 29.1. The van der Waals surface area contributed by atoms with Crippen LogP contribution in [0.25, 0.3) is 0 Å². The molecule has 3 aliphatic heterocycles. The van der Waals surface area contributed by atoms with Gasteiger partial charge >= 0.3 is 24.3 Å². The molecule has 3 fully saturated rings. The summed E-state index contributed by atoms with van der Waals surface area (Å²) in [6, 6.07) is 4.74. The standard InChI is InChI=1S/C20H30N2O3.2C2HF3O2/c1-2-18(13-21-7-1)14-24-8-3-17-4-11-25-20(12-17)15-22(16-20)19-5-9-23-10-6-19;2*3-2(4,5)1(6)7/h1-2,7,13,17,19H,3-6,8-12,14-16H2;2*(H,6,7). The van der Waals surface area contributed by atoms with Gasteiger partial charge in [0, 0.05) is 58.0 Å². The molecule has 4 heterocycles. The van der Waals surface area contributed by atoms with E-state index in [1.165, 1.54) is 25.7 Å². The van der Waals surface area contributed by atoms with Crippen molar-refractivity contribution in [3.63, 3.8) is 0 Å². The number of likely N-dealkylation sites (tertiary alicyclic amines) is 1. The quantitative estimate of drug-likeness (QED) is 0.385. The summed E-state index contributed by atoms with van der Waals surface area (Å²) in [7, 11) is 0. The van der Waals surface area contributed by atoms with E-state index in [4.69, 9.17) is 34.0 Å². The van der Waals surface area contributed by atoms with Gasteiger partial charge in [-0.3, -0.25) is 9.88 Å². The highest BCUT2D eigenvalue weighted by Gasteiger charge is 2.49. The fraction of sp³-hybridized carbons (Fsp3) is 0.708. The number of ether oxygens (including phenoxy) is 3. The number of alkyl halides is 6. The molecule has 15 heteroatoms. The van der Waals surface area contributed by atoms with E-state index in [0.717, 1.165) is 57.4 Å². The average Bonchev–Trinajstić information content (AvgIpc) is 2.86. The number of aliphatic carboxylic acids is 2. The molecular weight excluding hydrogens is 542 g/mol. The molecule has 3 aliphatic rings. The minimum Gasteiger partial charge on any atom is -0.475 e. The minimum atomic E-state index is -5.08. The Bertz CT molecular complexity index is 865. The maximum absolute atomic E-state index is 10.6. The maximum Gasteiger partial charge on any atom is 0.490 e. The third-order valence-electron chi connectivity index (χ3n) is 6.43. The van der Waals surface area contributed by atoms with Gasteiger partial charge in [-0.1, -0.05) is 6.07 Å². The summed E-state index contributed by atoms with van der Waals surface area (Å²) in [4.78, 5) is 24.5. The highest BCUT2D eigenvalue weighted by Crippen LogP contribution is 2.40. The molecular formula is C24H32F6N2O7. The number of pyridine rings is 1. The Labute approximate surface area is 221 Å². The summed E-state index contributed by atoms with van der Waals surface area (Å²) in [6.07, 6.45) is -0.611. The molecule has 9 nitrogen and oxygen atoms in total.